The Bertz CT molecular complexity index is 1530. The van der Waals surface area contributed by atoms with Crippen molar-refractivity contribution in [3.05, 3.63) is 52.0 Å². The maximum absolute atomic E-state index is 16.1. The molecule has 0 bridgehead atoms. The van der Waals surface area contributed by atoms with Gasteiger partial charge >= 0.3 is 0 Å². The van der Waals surface area contributed by atoms with E-state index in [4.69, 9.17) is 33.0 Å². The number of hydrogen-bond donors (Lipinski definition) is 1. The molecule has 2 unspecified atom stereocenters. The number of thioether (sulfide) groups is 1. The van der Waals surface area contributed by atoms with Crippen LogP contribution in [-0.2, 0) is 9.53 Å². The van der Waals surface area contributed by atoms with Crippen LogP contribution in [0.4, 0.5) is 4.39 Å². The van der Waals surface area contributed by atoms with Crippen molar-refractivity contribution in [2.24, 2.45) is 0 Å². The van der Waals surface area contributed by atoms with Crippen LogP contribution in [-0.4, -0.2) is 66.0 Å². The lowest BCUT2D eigenvalue weighted by molar-refractivity contribution is -0.126. The Morgan fingerprint density at radius 1 is 1.26 bits per heavy atom. The van der Waals surface area contributed by atoms with E-state index in [1.165, 1.54) is 19.2 Å². The molecule has 2 fully saturated rings. The number of pyridine rings is 2. The van der Waals surface area contributed by atoms with Crippen molar-refractivity contribution < 1.29 is 13.9 Å². The summed E-state index contributed by atoms with van der Waals surface area (Å²) in [5.74, 6) is -0.472. The first-order valence-electron chi connectivity index (χ1n) is 12.8. The standard InChI is InChI=1S/C26H26Cl2FN5S.C2H4O2/c1-33-10-4-7-19(33)20-11-16-25(34(20)14-8-9-30-12-14)17-13-31-23(15-5-3-6-18(27)21(15)28)22(29)24(17)32-26(16)35-2;1-4-2-3/h3,5-6,11,13-14,19,30H,4,7-10,12H2,1-2H3;2H,1H3. The number of carbonyl (C=O) groups excluding carboxylic acids is 1. The van der Waals surface area contributed by atoms with E-state index in [-0.39, 0.29) is 10.7 Å². The summed E-state index contributed by atoms with van der Waals surface area (Å²) in [5.41, 5.74) is 3.27. The molecule has 3 aromatic heterocycles. The highest BCUT2D eigenvalue weighted by Crippen LogP contribution is 2.43. The van der Waals surface area contributed by atoms with Crippen LogP contribution in [0.1, 0.15) is 37.0 Å². The Labute approximate surface area is 241 Å². The fraction of sp³-hybridized carbons (Fsp3) is 0.393. The number of rotatable bonds is 5. The summed E-state index contributed by atoms with van der Waals surface area (Å²) in [5, 5.41) is 6.80. The number of carbonyl (C=O) groups is 1. The zero-order chi connectivity index (χ0) is 27.7. The van der Waals surface area contributed by atoms with Crippen molar-refractivity contribution in [1.29, 1.82) is 0 Å². The summed E-state index contributed by atoms with van der Waals surface area (Å²) in [7, 11) is 3.51. The lowest BCUT2D eigenvalue weighted by atomic mass is 10.1. The van der Waals surface area contributed by atoms with Gasteiger partial charge in [0, 0.05) is 46.9 Å². The van der Waals surface area contributed by atoms with E-state index < -0.39 is 5.82 Å². The van der Waals surface area contributed by atoms with Crippen LogP contribution in [0.25, 0.3) is 33.1 Å². The first kappa shape index (κ1) is 28.1. The zero-order valence-corrected chi connectivity index (χ0v) is 24.3. The van der Waals surface area contributed by atoms with E-state index in [1.807, 2.05) is 6.26 Å². The van der Waals surface area contributed by atoms with Crippen LogP contribution in [0.2, 0.25) is 10.0 Å². The second kappa shape index (κ2) is 12.0. The van der Waals surface area contributed by atoms with Gasteiger partial charge in [-0.3, -0.25) is 14.7 Å². The third-order valence-electron chi connectivity index (χ3n) is 7.52. The lowest BCUT2D eigenvalue weighted by Crippen LogP contribution is -2.23. The topological polar surface area (TPSA) is 72.3 Å². The normalized spacial score (nSPS) is 19.4. The highest BCUT2D eigenvalue weighted by Gasteiger charge is 2.32. The first-order chi connectivity index (χ1) is 18.9. The summed E-state index contributed by atoms with van der Waals surface area (Å²) in [6.45, 7) is 3.34. The number of hydrogen-bond acceptors (Lipinski definition) is 7. The highest BCUT2D eigenvalue weighted by atomic mass is 35.5. The molecular weight excluding hydrogens is 560 g/mol. The molecule has 39 heavy (non-hydrogen) atoms. The van der Waals surface area contributed by atoms with Crippen LogP contribution in [0.5, 0.6) is 0 Å². The SMILES string of the molecule is COC=O.CSc1nc2c(F)c(-c3cccc(Cl)c3Cl)ncc2c2c1cc(C1CCCN1C)n2C1CCNC1. The number of halogens is 3. The molecule has 2 atom stereocenters. The predicted octanol–water partition coefficient (Wildman–Crippen LogP) is 6.51. The van der Waals surface area contributed by atoms with Gasteiger partial charge in [0.2, 0.25) is 0 Å². The minimum absolute atomic E-state index is 0.167. The molecule has 1 aromatic carbocycles. The van der Waals surface area contributed by atoms with E-state index in [1.54, 1.807) is 36.2 Å². The number of fused-ring (bicyclic) bond motifs is 3. The smallest absolute Gasteiger partial charge is 0.292 e. The third kappa shape index (κ3) is 5.11. The van der Waals surface area contributed by atoms with Gasteiger partial charge in [-0.15, -0.1) is 11.8 Å². The van der Waals surface area contributed by atoms with Gasteiger partial charge in [-0.05, 0) is 57.8 Å². The van der Waals surface area contributed by atoms with E-state index in [2.05, 4.69) is 37.6 Å². The number of nitrogens with one attached hydrogen (secondary N) is 1. The van der Waals surface area contributed by atoms with Gasteiger partial charge in [0.25, 0.3) is 6.47 Å². The largest absolute Gasteiger partial charge is 0.471 e. The number of likely N-dealkylation sites (tertiary alicyclic amines) is 1. The van der Waals surface area contributed by atoms with Crippen LogP contribution in [0.15, 0.2) is 35.5 Å². The van der Waals surface area contributed by atoms with Gasteiger partial charge in [-0.2, -0.15) is 0 Å². The fourth-order valence-electron chi connectivity index (χ4n) is 5.73. The summed E-state index contributed by atoms with van der Waals surface area (Å²) in [4.78, 5) is 20.8. The molecule has 0 saturated carbocycles. The predicted molar refractivity (Wildman–Crippen MR) is 156 cm³/mol. The van der Waals surface area contributed by atoms with Crippen molar-refractivity contribution in [3.63, 3.8) is 0 Å². The average Bonchev–Trinajstić information content (AvgIpc) is 3.70. The molecule has 2 aliphatic rings. The van der Waals surface area contributed by atoms with Crippen molar-refractivity contribution in [2.45, 2.75) is 36.4 Å². The molecule has 206 valence electrons. The van der Waals surface area contributed by atoms with Crippen LogP contribution < -0.4 is 5.32 Å². The molecule has 6 rings (SSSR count). The number of methoxy groups -OCH3 is 1. The molecule has 0 aliphatic carbocycles. The summed E-state index contributed by atoms with van der Waals surface area (Å²) < 4.78 is 22.4. The molecular formula is C28H30Cl2FN5O2S. The van der Waals surface area contributed by atoms with Gasteiger partial charge < -0.3 is 14.6 Å². The molecule has 11 heteroatoms. The summed E-state index contributed by atoms with van der Waals surface area (Å²) >= 11 is 14.2. The van der Waals surface area contributed by atoms with Crippen LogP contribution in [0, 0.1) is 5.82 Å². The zero-order valence-electron chi connectivity index (χ0n) is 22.0. The molecule has 0 amide bonds. The maximum Gasteiger partial charge on any atom is 0.292 e. The molecule has 7 nitrogen and oxygen atoms in total. The molecule has 2 aliphatic heterocycles. The Morgan fingerprint density at radius 2 is 2.05 bits per heavy atom. The Hall–Kier alpha value is -2.43. The van der Waals surface area contributed by atoms with Crippen LogP contribution >= 0.6 is 35.0 Å². The van der Waals surface area contributed by atoms with Gasteiger partial charge in [0.05, 0.1) is 22.7 Å². The summed E-state index contributed by atoms with van der Waals surface area (Å²) in [6, 6.07) is 8.11. The van der Waals surface area contributed by atoms with Gasteiger partial charge in [0.15, 0.2) is 5.82 Å². The third-order valence-corrected chi connectivity index (χ3v) is 9.03. The minimum atomic E-state index is -0.472. The van der Waals surface area contributed by atoms with Gasteiger partial charge in [-0.1, -0.05) is 35.3 Å². The Kier molecular flexibility index (Phi) is 8.63. The van der Waals surface area contributed by atoms with E-state index in [0.29, 0.717) is 34.7 Å². The second-order valence-corrected chi connectivity index (χ2v) is 11.3. The van der Waals surface area contributed by atoms with Crippen molar-refractivity contribution in [1.82, 2.24) is 24.8 Å². The van der Waals surface area contributed by atoms with Crippen molar-refractivity contribution in [3.8, 4) is 11.3 Å². The maximum atomic E-state index is 16.1. The number of nitrogens with zero attached hydrogens (tertiary/aromatic N) is 4. The number of benzene rings is 1. The van der Waals surface area contributed by atoms with E-state index in [9.17, 15) is 0 Å². The van der Waals surface area contributed by atoms with E-state index in [0.717, 1.165) is 53.8 Å². The second-order valence-electron chi connectivity index (χ2n) is 9.72. The van der Waals surface area contributed by atoms with Crippen molar-refractivity contribution in [2.75, 3.05) is 40.0 Å². The molecule has 4 aromatic rings. The van der Waals surface area contributed by atoms with Crippen LogP contribution in [0.3, 0.4) is 0 Å². The Morgan fingerprint density at radius 3 is 2.69 bits per heavy atom. The minimum Gasteiger partial charge on any atom is -0.471 e. The first-order valence-corrected chi connectivity index (χ1v) is 14.8. The molecule has 5 heterocycles. The average molecular weight is 591 g/mol. The monoisotopic (exact) mass is 589 g/mol. The number of aromatic nitrogens is 3. The quantitative estimate of drug-likeness (QED) is 0.210. The lowest BCUT2D eigenvalue weighted by Gasteiger charge is -2.25. The molecule has 2 saturated heterocycles. The molecule has 1 N–H and O–H groups in total. The van der Waals surface area contributed by atoms with Gasteiger partial charge in [0.1, 0.15) is 16.2 Å². The molecule has 0 radical (unpaired) electrons. The van der Waals surface area contributed by atoms with E-state index >= 15 is 4.39 Å². The molecule has 0 spiro atoms. The summed E-state index contributed by atoms with van der Waals surface area (Å²) in [6.07, 6.45) is 7.09. The fourth-order valence-corrected chi connectivity index (χ4v) is 6.68. The number of ether oxygens (including phenoxy) is 1. The Balaban J connectivity index is 0.000000723. The van der Waals surface area contributed by atoms with Gasteiger partial charge in [-0.25, -0.2) is 9.37 Å². The highest BCUT2D eigenvalue weighted by molar-refractivity contribution is 7.98. The van der Waals surface area contributed by atoms with Crippen molar-refractivity contribution >= 4 is 63.2 Å².